The van der Waals surface area contributed by atoms with Gasteiger partial charge in [0, 0.05) is 11.8 Å². The molecule has 0 aliphatic rings. The van der Waals surface area contributed by atoms with Crippen LogP contribution in [0.1, 0.15) is 0 Å². The first-order chi connectivity index (χ1) is 8.24. The van der Waals surface area contributed by atoms with E-state index in [1.807, 2.05) is 0 Å². The Morgan fingerprint density at radius 3 is 2.88 bits per heavy atom. The molecule has 4 nitrogen and oxygen atoms in total. The van der Waals surface area contributed by atoms with Gasteiger partial charge in [0.1, 0.15) is 17.2 Å². The number of H-pyrrole nitrogens is 1. The number of rotatable bonds is 1. The SMILES string of the molecule is Nc1nccc2[nH]c(-c3cccc(F)c3)nc12. The van der Waals surface area contributed by atoms with Gasteiger partial charge in [0.2, 0.25) is 0 Å². The standard InChI is InChI=1S/C12H9FN4/c13-8-3-1-2-7(6-8)12-16-9-4-5-15-11(14)10(9)17-12/h1-6H,(H2,14,15)(H,16,17). The summed E-state index contributed by atoms with van der Waals surface area (Å²) in [4.78, 5) is 11.3. The number of aromatic nitrogens is 3. The minimum atomic E-state index is -0.297. The number of nitrogens with one attached hydrogen (secondary N) is 1. The predicted molar refractivity (Wildman–Crippen MR) is 63.7 cm³/mol. The maximum absolute atomic E-state index is 13.1. The summed E-state index contributed by atoms with van der Waals surface area (Å²) in [6.07, 6.45) is 1.60. The molecule has 0 saturated heterocycles. The number of benzene rings is 1. The second-order valence-corrected chi connectivity index (χ2v) is 3.69. The monoisotopic (exact) mass is 228 g/mol. The van der Waals surface area contributed by atoms with Crippen LogP contribution in [-0.2, 0) is 0 Å². The molecule has 3 N–H and O–H groups in total. The number of aromatic amines is 1. The van der Waals surface area contributed by atoms with E-state index >= 15 is 0 Å². The van der Waals surface area contributed by atoms with Crippen LogP contribution in [0.5, 0.6) is 0 Å². The van der Waals surface area contributed by atoms with Crippen LogP contribution in [0.3, 0.4) is 0 Å². The van der Waals surface area contributed by atoms with E-state index in [9.17, 15) is 4.39 Å². The van der Waals surface area contributed by atoms with Gasteiger partial charge in [0.15, 0.2) is 5.82 Å². The molecule has 0 saturated carbocycles. The first-order valence-electron chi connectivity index (χ1n) is 5.10. The summed E-state index contributed by atoms with van der Waals surface area (Å²) in [6.45, 7) is 0. The van der Waals surface area contributed by atoms with Crippen molar-refractivity contribution >= 4 is 16.9 Å². The maximum atomic E-state index is 13.1. The average Bonchev–Trinajstić information content (AvgIpc) is 2.74. The van der Waals surface area contributed by atoms with Crippen LogP contribution in [-0.4, -0.2) is 15.0 Å². The summed E-state index contributed by atoms with van der Waals surface area (Å²) in [6, 6.07) is 8.01. The van der Waals surface area contributed by atoms with Gasteiger partial charge in [-0.3, -0.25) is 0 Å². The van der Waals surface area contributed by atoms with Crippen molar-refractivity contribution in [3.63, 3.8) is 0 Å². The second kappa shape index (κ2) is 3.55. The Bertz CT molecular complexity index is 690. The summed E-state index contributed by atoms with van der Waals surface area (Å²) in [7, 11) is 0. The first-order valence-corrected chi connectivity index (χ1v) is 5.10. The van der Waals surface area contributed by atoms with Gasteiger partial charge in [-0.25, -0.2) is 14.4 Å². The summed E-state index contributed by atoms with van der Waals surface area (Å²) in [5, 5.41) is 0. The molecule has 0 fully saturated rings. The quantitative estimate of drug-likeness (QED) is 0.671. The van der Waals surface area contributed by atoms with Gasteiger partial charge in [0.25, 0.3) is 0 Å². The van der Waals surface area contributed by atoms with Crippen molar-refractivity contribution in [2.75, 3.05) is 5.73 Å². The van der Waals surface area contributed by atoms with Gasteiger partial charge in [0.05, 0.1) is 5.52 Å². The second-order valence-electron chi connectivity index (χ2n) is 3.69. The number of fused-ring (bicyclic) bond motifs is 1. The van der Waals surface area contributed by atoms with E-state index in [0.717, 1.165) is 5.52 Å². The van der Waals surface area contributed by atoms with Crippen LogP contribution < -0.4 is 5.73 Å². The normalized spacial score (nSPS) is 10.9. The fraction of sp³-hybridized carbons (Fsp3) is 0. The minimum absolute atomic E-state index is 0.297. The molecular weight excluding hydrogens is 219 g/mol. The number of nitrogen functional groups attached to an aromatic ring is 1. The lowest BCUT2D eigenvalue weighted by atomic mass is 10.2. The molecule has 3 aromatic rings. The maximum Gasteiger partial charge on any atom is 0.151 e. The van der Waals surface area contributed by atoms with Crippen molar-refractivity contribution < 1.29 is 4.39 Å². The molecule has 2 heterocycles. The van der Waals surface area contributed by atoms with Crippen molar-refractivity contribution in [2.24, 2.45) is 0 Å². The highest BCUT2D eigenvalue weighted by Crippen LogP contribution is 2.22. The van der Waals surface area contributed by atoms with Gasteiger partial charge in [-0.15, -0.1) is 0 Å². The van der Waals surface area contributed by atoms with Gasteiger partial charge in [-0.2, -0.15) is 0 Å². The van der Waals surface area contributed by atoms with E-state index in [0.29, 0.717) is 22.7 Å². The lowest BCUT2D eigenvalue weighted by Crippen LogP contribution is -1.89. The molecule has 0 unspecified atom stereocenters. The molecule has 2 aromatic heterocycles. The van der Waals surface area contributed by atoms with Crippen molar-refractivity contribution in [1.29, 1.82) is 0 Å². The smallest absolute Gasteiger partial charge is 0.151 e. The van der Waals surface area contributed by atoms with E-state index in [1.54, 1.807) is 24.4 Å². The minimum Gasteiger partial charge on any atom is -0.382 e. The number of hydrogen-bond donors (Lipinski definition) is 2. The highest BCUT2D eigenvalue weighted by molar-refractivity contribution is 5.87. The zero-order valence-corrected chi connectivity index (χ0v) is 8.81. The lowest BCUT2D eigenvalue weighted by Gasteiger charge is -1.95. The van der Waals surface area contributed by atoms with Gasteiger partial charge in [-0.1, -0.05) is 12.1 Å². The Kier molecular flexibility index (Phi) is 2.04. The number of nitrogens with zero attached hydrogens (tertiary/aromatic N) is 2. The van der Waals surface area contributed by atoms with Crippen LogP contribution in [0.4, 0.5) is 10.2 Å². The Morgan fingerprint density at radius 2 is 2.12 bits per heavy atom. The molecule has 0 spiro atoms. The van der Waals surface area contributed by atoms with Gasteiger partial charge in [-0.05, 0) is 18.2 Å². The summed E-state index contributed by atoms with van der Waals surface area (Å²) in [5.41, 5.74) is 7.78. The molecule has 5 heteroatoms. The van der Waals surface area contributed by atoms with Crippen LogP contribution in [0, 0.1) is 5.82 Å². The number of hydrogen-bond acceptors (Lipinski definition) is 3. The third kappa shape index (κ3) is 1.61. The molecule has 3 rings (SSSR count). The number of halogens is 1. The van der Waals surface area contributed by atoms with Crippen LogP contribution >= 0.6 is 0 Å². The van der Waals surface area contributed by atoms with E-state index < -0.39 is 0 Å². The molecule has 0 aliphatic carbocycles. The lowest BCUT2D eigenvalue weighted by molar-refractivity contribution is 0.628. The number of imidazole rings is 1. The van der Waals surface area contributed by atoms with Crippen molar-refractivity contribution in [3.05, 3.63) is 42.3 Å². The topological polar surface area (TPSA) is 67.6 Å². The van der Waals surface area contributed by atoms with E-state index in [1.165, 1.54) is 12.1 Å². The van der Waals surface area contributed by atoms with E-state index in [4.69, 9.17) is 5.73 Å². The third-order valence-corrected chi connectivity index (χ3v) is 2.53. The highest BCUT2D eigenvalue weighted by Gasteiger charge is 2.08. The Morgan fingerprint density at radius 1 is 1.24 bits per heavy atom. The molecule has 0 atom stereocenters. The van der Waals surface area contributed by atoms with Crippen LogP contribution in [0.25, 0.3) is 22.4 Å². The van der Waals surface area contributed by atoms with Gasteiger partial charge >= 0.3 is 0 Å². The van der Waals surface area contributed by atoms with Crippen LogP contribution in [0.15, 0.2) is 36.5 Å². The number of anilines is 1. The molecule has 0 aliphatic heterocycles. The zero-order valence-electron chi connectivity index (χ0n) is 8.81. The van der Waals surface area contributed by atoms with E-state index in [2.05, 4.69) is 15.0 Å². The summed E-state index contributed by atoms with van der Waals surface area (Å²) >= 11 is 0. The molecular formula is C12H9FN4. The molecule has 0 amide bonds. The summed E-state index contributed by atoms with van der Waals surface area (Å²) in [5.74, 6) is 0.648. The molecule has 84 valence electrons. The Hall–Kier alpha value is -2.43. The average molecular weight is 228 g/mol. The fourth-order valence-electron chi connectivity index (χ4n) is 1.73. The highest BCUT2D eigenvalue weighted by atomic mass is 19.1. The van der Waals surface area contributed by atoms with Gasteiger partial charge < -0.3 is 10.7 Å². The molecule has 17 heavy (non-hydrogen) atoms. The van der Waals surface area contributed by atoms with Crippen molar-refractivity contribution in [3.8, 4) is 11.4 Å². The number of nitrogens with two attached hydrogens (primary N) is 1. The third-order valence-electron chi connectivity index (χ3n) is 2.53. The number of pyridine rings is 1. The predicted octanol–water partition coefficient (Wildman–Crippen LogP) is 2.35. The van der Waals surface area contributed by atoms with Crippen LogP contribution in [0.2, 0.25) is 0 Å². The molecule has 0 bridgehead atoms. The van der Waals surface area contributed by atoms with E-state index in [-0.39, 0.29) is 5.82 Å². The fourth-order valence-corrected chi connectivity index (χ4v) is 1.73. The largest absolute Gasteiger partial charge is 0.382 e. The molecule has 0 radical (unpaired) electrons. The molecule has 1 aromatic carbocycles. The summed E-state index contributed by atoms with van der Waals surface area (Å²) < 4.78 is 13.1. The zero-order chi connectivity index (χ0) is 11.8. The Labute approximate surface area is 96.3 Å². The van der Waals surface area contributed by atoms with Crippen molar-refractivity contribution in [2.45, 2.75) is 0 Å². The first kappa shape index (κ1) is 9.77. The van der Waals surface area contributed by atoms with Crippen molar-refractivity contribution in [1.82, 2.24) is 15.0 Å². The Balaban J connectivity index is 2.22.